The summed E-state index contributed by atoms with van der Waals surface area (Å²) in [5, 5.41) is 0. The van der Waals surface area contributed by atoms with Crippen LogP contribution in [-0.2, 0) is 24.3 Å². The first-order valence-corrected chi connectivity index (χ1v) is 12.4. The predicted octanol–water partition coefficient (Wildman–Crippen LogP) is 4.03. The van der Waals surface area contributed by atoms with E-state index in [-0.39, 0.29) is 18.4 Å². The zero-order chi connectivity index (χ0) is 24.7. The van der Waals surface area contributed by atoms with Gasteiger partial charge in [0.15, 0.2) is 11.2 Å². The molecule has 1 atom stereocenters. The number of fused-ring (bicyclic) bond motifs is 1. The molecule has 0 fully saturated rings. The van der Waals surface area contributed by atoms with Crippen LogP contribution in [0.15, 0.2) is 39.9 Å². The lowest BCUT2D eigenvalue weighted by molar-refractivity contribution is -0.131. The van der Waals surface area contributed by atoms with Crippen LogP contribution >= 0.6 is 0 Å². The molecule has 3 rings (SSSR count). The normalized spacial score (nSPS) is 12.2. The van der Waals surface area contributed by atoms with Crippen LogP contribution in [-0.4, -0.2) is 37.0 Å². The van der Waals surface area contributed by atoms with Gasteiger partial charge < -0.3 is 9.47 Å². The average molecular weight is 468 g/mol. The lowest BCUT2D eigenvalue weighted by Crippen LogP contribution is -2.31. The van der Waals surface area contributed by atoms with E-state index in [0.717, 1.165) is 37.7 Å². The summed E-state index contributed by atoms with van der Waals surface area (Å²) in [4.78, 5) is 47.3. The van der Waals surface area contributed by atoms with Crippen molar-refractivity contribution < 1.29 is 4.79 Å². The number of nitrogens with one attached hydrogen (secondary N) is 1. The molecule has 0 saturated carbocycles. The maximum atomic E-state index is 13.0. The van der Waals surface area contributed by atoms with Crippen LogP contribution in [0.25, 0.3) is 11.2 Å². The van der Waals surface area contributed by atoms with Gasteiger partial charge in [0.1, 0.15) is 5.82 Å². The molecule has 2 aromatic heterocycles. The van der Waals surface area contributed by atoms with Crippen LogP contribution in [0.3, 0.4) is 0 Å². The first kappa shape index (κ1) is 25.5. The maximum Gasteiger partial charge on any atom is 0.330 e. The molecule has 0 saturated heterocycles. The highest BCUT2D eigenvalue weighted by molar-refractivity contribution is 5.77. The molecule has 0 aliphatic carbocycles. The largest absolute Gasteiger partial charge is 0.339 e. The molecule has 8 nitrogen and oxygen atoms in total. The summed E-state index contributed by atoms with van der Waals surface area (Å²) in [6.07, 6.45) is 5.43. The number of amides is 1. The number of benzene rings is 1. The second-order valence-electron chi connectivity index (χ2n) is 8.91. The van der Waals surface area contributed by atoms with Gasteiger partial charge in [-0.15, -0.1) is 0 Å². The minimum atomic E-state index is -0.428. The Kier molecular flexibility index (Phi) is 8.85. The van der Waals surface area contributed by atoms with Crippen molar-refractivity contribution in [2.45, 2.75) is 84.8 Å². The van der Waals surface area contributed by atoms with Crippen LogP contribution in [0.2, 0.25) is 0 Å². The Morgan fingerprint density at radius 3 is 2.38 bits per heavy atom. The summed E-state index contributed by atoms with van der Waals surface area (Å²) in [6.45, 7) is 7.34. The highest BCUT2D eigenvalue weighted by Gasteiger charge is 2.21. The van der Waals surface area contributed by atoms with E-state index >= 15 is 0 Å². The highest BCUT2D eigenvalue weighted by atomic mass is 16.2. The number of carbonyl (C=O) groups is 1. The average Bonchev–Trinajstić information content (AvgIpc) is 3.20. The summed E-state index contributed by atoms with van der Waals surface area (Å²) >= 11 is 0. The first-order chi connectivity index (χ1) is 16.4. The number of aromatic nitrogens is 4. The fourth-order valence-corrected chi connectivity index (χ4v) is 4.26. The lowest BCUT2D eigenvalue weighted by Gasteiger charge is -2.25. The minimum Gasteiger partial charge on any atom is -0.339 e. The van der Waals surface area contributed by atoms with Gasteiger partial charge in [-0.25, -0.2) is 9.78 Å². The zero-order valence-corrected chi connectivity index (χ0v) is 20.8. The number of rotatable bonds is 12. The number of unbranched alkanes of at least 4 members (excludes halogenated alkanes) is 3. The monoisotopic (exact) mass is 467 g/mol. The fraction of sp³-hybridized carbons (Fsp3) is 0.538. The van der Waals surface area contributed by atoms with Gasteiger partial charge in [0.25, 0.3) is 5.56 Å². The van der Waals surface area contributed by atoms with Crippen molar-refractivity contribution in [1.29, 1.82) is 0 Å². The van der Waals surface area contributed by atoms with Gasteiger partial charge in [0.05, 0.1) is 6.04 Å². The molecule has 0 aliphatic heterocycles. The van der Waals surface area contributed by atoms with E-state index in [0.29, 0.717) is 36.5 Å². The second-order valence-corrected chi connectivity index (χ2v) is 8.91. The summed E-state index contributed by atoms with van der Waals surface area (Å²) in [6, 6.07) is 9.89. The van der Waals surface area contributed by atoms with Crippen LogP contribution in [0.4, 0.5) is 0 Å². The molecule has 2 heterocycles. The number of aromatic amines is 1. The lowest BCUT2D eigenvalue weighted by atomic mass is 10.1. The predicted molar refractivity (Wildman–Crippen MR) is 135 cm³/mol. The van der Waals surface area contributed by atoms with Crippen molar-refractivity contribution in [2.75, 3.05) is 7.05 Å². The van der Waals surface area contributed by atoms with Gasteiger partial charge >= 0.3 is 5.69 Å². The van der Waals surface area contributed by atoms with Crippen molar-refractivity contribution in [3.63, 3.8) is 0 Å². The number of hydrogen-bond donors (Lipinski definition) is 1. The highest BCUT2D eigenvalue weighted by Crippen LogP contribution is 2.20. The Morgan fingerprint density at radius 2 is 1.71 bits per heavy atom. The summed E-state index contributed by atoms with van der Waals surface area (Å²) in [5.41, 5.74) is 1.09. The Balaban J connectivity index is 1.90. The summed E-state index contributed by atoms with van der Waals surface area (Å²) in [7, 11) is 1.82. The van der Waals surface area contributed by atoms with Gasteiger partial charge in [-0.05, 0) is 25.3 Å². The van der Waals surface area contributed by atoms with Crippen LogP contribution in [0.1, 0.15) is 76.7 Å². The molecular formula is C26H37N5O3. The van der Waals surface area contributed by atoms with Gasteiger partial charge in [-0.2, -0.15) is 0 Å². The minimum absolute atomic E-state index is 0.0146. The van der Waals surface area contributed by atoms with Crippen molar-refractivity contribution >= 4 is 17.1 Å². The molecule has 1 aromatic carbocycles. The van der Waals surface area contributed by atoms with Crippen molar-refractivity contribution in [1.82, 2.24) is 24.0 Å². The topological polar surface area (TPSA) is 93.0 Å². The Hall–Kier alpha value is -3.16. The molecular weight excluding hydrogens is 430 g/mol. The number of carbonyl (C=O) groups excluding carboxylic acids is 1. The Morgan fingerprint density at radius 1 is 1.03 bits per heavy atom. The van der Waals surface area contributed by atoms with E-state index in [1.807, 2.05) is 48.9 Å². The van der Waals surface area contributed by atoms with Crippen LogP contribution in [0.5, 0.6) is 0 Å². The molecule has 1 unspecified atom stereocenters. The van der Waals surface area contributed by atoms with Crippen molar-refractivity contribution in [3.8, 4) is 0 Å². The quantitative estimate of drug-likeness (QED) is 0.407. The zero-order valence-electron chi connectivity index (χ0n) is 20.8. The van der Waals surface area contributed by atoms with Gasteiger partial charge in [-0.1, -0.05) is 63.4 Å². The van der Waals surface area contributed by atoms with Crippen LogP contribution in [0, 0.1) is 0 Å². The van der Waals surface area contributed by atoms with Crippen molar-refractivity contribution in [3.05, 3.63) is 62.6 Å². The molecule has 0 radical (unpaired) electrons. The number of H-pyrrole nitrogens is 1. The number of imidazole rings is 1. The smallest absolute Gasteiger partial charge is 0.330 e. The van der Waals surface area contributed by atoms with E-state index in [1.54, 1.807) is 9.47 Å². The summed E-state index contributed by atoms with van der Waals surface area (Å²) in [5.74, 6) is 0.697. The molecule has 8 heteroatoms. The summed E-state index contributed by atoms with van der Waals surface area (Å²) < 4.78 is 3.48. The molecule has 34 heavy (non-hydrogen) atoms. The number of nitrogens with zero attached hydrogens (tertiary/aromatic N) is 4. The molecule has 0 spiro atoms. The van der Waals surface area contributed by atoms with E-state index in [2.05, 4.69) is 18.8 Å². The van der Waals surface area contributed by atoms with E-state index in [1.165, 1.54) is 0 Å². The van der Waals surface area contributed by atoms with Gasteiger partial charge in [0.2, 0.25) is 5.91 Å². The fourth-order valence-electron chi connectivity index (χ4n) is 4.26. The third kappa shape index (κ3) is 5.66. The molecule has 1 N–H and O–H groups in total. The third-order valence-electron chi connectivity index (χ3n) is 6.50. The SMILES string of the molecule is CCCCCn1c(CCC(=O)N(C)C(C)c2ccccc2)nc2c1c(=O)[nH]c(=O)n2CCCC. The van der Waals surface area contributed by atoms with E-state index in [9.17, 15) is 14.4 Å². The Bertz CT molecular complexity index is 1210. The third-order valence-corrected chi connectivity index (χ3v) is 6.50. The molecule has 184 valence electrons. The second kappa shape index (κ2) is 11.8. The molecule has 0 bridgehead atoms. The molecule has 1 amide bonds. The van der Waals surface area contributed by atoms with E-state index in [4.69, 9.17) is 4.98 Å². The van der Waals surface area contributed by atoms with Crippen LogP contribution < -0.4 is 11.2 Å². The first-order valence-electron chi connectivity index (χ1n) is 12.4. The Labute approximate surface area is 200 Å². The number of hydrogen-bond acceptors (Lipinski definition) is 4. The molecule has 3 aromatic rings. The molecule has 0 aliphatic rings. The van der Waals surface area contributed by atoms with Gasteiger partial charge in [0, 0.05) is 33.0 Å². The van der Waals surface area contributed by atoms with Gasteiger partial charge in [-0.3, -0.25) is 19.1 Å². The number of aryl methyl sites for hydroxylation is 3. The maximum absolute atomic E-state index is 13.0. The standard InChI is InChI=1S/C26H37N5O3/c1-5-7-12-18-30-21(15-16-22(32)29(4)19(3)20-13-10-9-11-14-20)27-24-23(30)25(33)28-26(34)31(24)17-8-6-2/h9-11,13-14,19H,5-8,12,15-18H2,1-4H3,(H,28,33,34). The van der Waals surface area contributed by atoms with Crippen molar-refractivity contribution in [2.24, 2.45) is 0 Å². The van der Waals surface area contributed by atoms with E-state index < -0.39 is 11.2 Å².